The van der Waals surface area contributed by atoms with Crippen LogP contribution in [0.5, 0.6) is 23.0 Å². The fourth-order valence-corrected chi connectivity index (χ4v) is 5.41. The van der Waals surface area contributed by atoms with Gasteiger partial charge in [-0.05, 0) is 71.8 Å². The van der Waals surface area contributed by atoms with Gasteiger partial charge in [-0.1, -0.05) is 18.2 Å². The molecule has 0 radical (unpaired) electrons. The molecule has 1 fully saturated rings. The quantitative estimate of drug-likeness (QED) is 0.159. The van der Waals surface area contributed by atoms with Gasteiger partial charge in [-0.2, -0.15) is 13.2 Å². The molecule has 11 heteroatoms. The molecule has 1 N–H and O–H groups in total. The van der Waals surface area contributed by atoms with Crippen LogP contribution >= 0.6 is 0 Å². The van der Waals surface area contributed by atoms with Gasteiger partial charge in [0.1, 0.15) is 11.5 Å². The first-order valence-corrected chi connectivity index (χ1v) is 14.9. The first kappa shape index (κ1) is 31.1. The molecule has 6 rings (SSSR count). The smallest absolute Gasteiger partial charge is 0.416 e. The third kappa shape index (κ3) is 7.16. The minimum absolute atomic E-state index is 0.0540. The standard InChI is InChI=1S/C35H32F3N3O5/c1-43-32-21-29-30(22-33(32)45-16-4-13-41-14-17-44-18-15-41)39-12-11-31(29)46-26-9-10-27-23(19-26)5-2-8-28(27)34(42)40-25-7-3-6-24(20-25)35(36,37)38/h2-3,5-12,19-22H,4,13-18H2,1H3,(H,40,42). The predicted octanol–water partition coefficient (Wildman–Crippen LogP) is 7.56. The summed E-state index contributed by atoms with van der Waals surface area (Å²) in [6.07, 6.45) is -1.99. The number of fused-ring (bicyclic) bond motifs is 2. The zero-order valence-electron chi connectivity index (χ0n) is 25.1. The Balaban J connectivity index is 1.18. The van der Waals surface area contributed by atoms with Crippen molar-refractivity contribution < 1.29 is 36.9 Å². The minimum Gasteiger partial charge on any atom is -0.493 e. The predicted molar refractivity (Wildman–Crippen MR) is 169 cm³/mol. The number of nitrogens with one attached hydrogen (secondary N) is 1. The van der Waals surface area contributed by atoms with Crippen LogP contribution in [0.1, 0.15) is 22.3 Å². The minimum atomic E-state index is -4.51. The molecule has 8 nitrogen and oxygen atoms in total. The molecule has 4 aromatic carbocycles. The number of benzene rings is 4. The number of carbonyl (C=O) groups is 1. The summed E-state index contributed by atoms with van der Waals surface area (Å²) < 4.78 is 62.8. The van der Waals surface area contributed by atoms with Gasteiger partial charge < -0.3 is 24.3 Å². The molecule has 1 aliphatic heterocycles. The van der Waals surface area contributed by atoms with Crippen molar-refractivity contribution in [3.63, 3.8) is 0 Å². The number of nitrogens with zero attached hydrogens (tertiary/aromatic N) is 2. The molecule has 0 spiro atoms. The van der Waals surface area contributed by atoms with Gasteiger partial charge in [-0.15, -0.1) is 0 Å². The van der Waals surface area contributed by atoms with Crippen LogP contribution in [-0.2, 0) is 10.9 Å². The van der Waals surface area contributed by atoms with Gasteiger partial charge in [0.15, 0.2) is 11.5 Å². The third-order valence-electron chi connectivity index (χ3n) is 7.74. The highest BCUT2D eigenvalue weighted by atomic mass is 19.4. The molecular weight excluding hydrogens is 599 g/mol. The highest BCUT2D eigenvalue weighted by molar-refractivity contribution is 6.13. The molecule has 0 saturated carbocycles. The van der Waals surface area contributed by atoms with Gasteiger partial charge in [0.2, 0.25) is 0 Å². The number of rotatable bonds is 10. The van der Waals surface area contributed by atoms with E-state index in [1.807, 2.05) is 18.2 Å². The van der Waals surface area contributed by atoms with Crippen molar-refractivity contribution >= 4 is 33.3 Å². The summed E-state index contributed by atoms with van der Waals surface area (Å²) in [7, 11) is 1.59. The fourth-order valence-electron chi connectivity index (χ4n) is 5.41. The second kappa shape index (κ2) is 13.6. The summed E-state index contributed by atoms with van der Waals surface area (Å²) in [5, 5.41) is 4.65. The second-order valence-electron chi connectivity index (χ2n) is 10.8. The molecule has 0 aliphatic carbocycles. The van der Waals surface area contributed by atoms with Crippen molar-refractivity contribution in [3.8, 4) is 23.0 Å². The van der Waals surface area contributed by atoms with Crippen LogP contribution in [0.3, 0.4) is 0 Å². The van der Waals surface area contributed by atoms with Gasteiger partial charge in [-0.25, -0.2) is 0 Å². The highest BCUT2D eigenvalue weighted by Crippen LogP contribution is 2.38. The van der Waals surface area contributed by atoms with E-state index in [9.17, 15) is 18.0 Å². The lowest BCUT2D eigenvalue weighted by molar-refractivity contribution is -0.137. The zero-order valence-corrected chi connectivity index (χ0v) is 25.1. The number of ether oxygens (including phenoxy) is 4. The van der Waals surface area contributed by atoms with Crippen molar-refractivity contribution in [2.45, 2.75) is 12.6 Å². The lowest BCUT2D eigenvalue weighted by atomic mass is 10.0. The fraction of sp³-hybridized carbons (Fsp3) is 0.257. The second-order valence-corrected chi connectivity index (χ2v) is 10.8. The van der Waals surface area contributed by atoms with Crippen LogP contribution < -0.4 is 19.5 Å². The molecule has 0 bridgehead atoms. The van der Waals surface area contributed by atoms with E-state index in [-0.39, 0.29) is 5.69 Å². The molecule has 1 aliphatic rings. The Morgan fingerprint density at radius 3 is 2.57 bits per heavy atom. The Morgan fingerprint density at radius 1 is 0.935 bits per heavy atom. The van der Waals surface area contributed by atoms with Gasteiger partial charge in [0, 0.05) is 48.5 Å². The highest BCUT2D eigenvalue weighted by Gasteiger charge is 2.30. The maximum Gasteiger partial charge on any atom is 0.416 e. The number of alkyl halides is 3. The molecule has 2 heterocycles. The summed E-state index contributed by atoms with van der Waals surface area (Å²) in [6, 6.07) is 20.4. The average molecular weight is 632 g/mol. The topological polar surface area (TPSA) is 82.2 Å². The molecule has 1 saturated heterocycles. The van der Waals surface area contributed by atoms with E-state index < -0.39 is 17.6 Å². The first-order chi connectivity index (χ1) is 22.3. The van der Waals surface area contributed by atoms with E-state index in [1.165, 1.54) is 12.1 Å². The summed E-state index contributed by atoms with van der Waals surface area (Å²) >= 11 is 0. The Kier molecular flexibility index (Phi) is 9.23. The van der Waals surface area contributed by atoms with Gasteiger partial charge in [-0.3, -0.25) is 14.7 Å². The normalized spacial score (nSPS) is 13.9. The Hall–Kier alpha value is -4.87. The van der Waals surface area contributed by atoms with Gasteiger partial charge in [0.25, 0.3) is 5.91 Å². The molecule has 5 aromatic rings. The average Bonchev–Trinajstić information content (AvgIpc) is 3.06. The summed E-state index contributed by atoms with van der Waals surface area (Å²) in [4.78, 5) is 20.0. The van der Waals surface area contributed by atoms with Crippen LogP contribution in [0.4, 0.5) is 18.9 Å². The number of carbonyl (C=O) groups excluding carboxylic acids is 1. The van der Waals surface area contributed by atoms with Crippen molar-refractivity contribution in [1.29, 1.82) is 0 Å². The van der Waals surface area contributed by atoms with Gasteiger partial charge in [0.05, 0.1) is 38.0 Å². The Labute approximate surface area is 263 Å². The summed E-state index contributed by atoms with van der Waals surface area (Å²) in [5.41, 5.74) is 0.210. The van der Waals surface area contributed by atoms with E-state index in [0.717, 1.165) is 62.2 Å². The van der Waals surface area contributed by atoms with Crippen LogP contribution in [0.25, 0.3) is 21.7 Å². The Morgan fingerprint density at radius 2 is 1.76 bits per heavy atom. The lowest BCUT2D eigenvalue weighted by Gasteiger charge is -2.26. The van der Waals surface area contributed by atoms with Crippen molar-refractivity contribution in [3.05, 3.63) is 96.2 Å². The third-order valence-corrected chi connectivity index (χ3v) is 7.74. The maximum atomic E-state index is 13.1. The molecule has 0 unspecified atom stereocenters. The van der Waals surface area contributed by atoms with Crippen LogP contribution in [0, 0.1) is 0 Å². The maximum absolute atomic E-state index is 13.1. The number of methoxy groups -OCH3 is 1. The number of aromatic nitrogens is 1. The van der Waals surface area contributed by atoms with E-state index in [1.54, 1.807) is 49.7 Å². The number of pyridine rings is 1. The number of anilines is 1. The van der Waals surface area contributed by atoms with Crippen LogP contribution in [0.15, 0.2) is 85.1 Å². The Bertz CT molecular complexity index is 1860. The lowest BCUT2D eigenvalue weighted by Crippen LogP contribution is -2.37. The number of morpholine rings is 1. The SMILES string of the molecule is COc1cc2c(Oc3ccc4c(C(=O)Nc5cccc(C(F)(F)F)c5)cccc4c3)ccnc2cc1OCCCN1CCOCC1. The molecular formula is C35H32F3N3O5. The molecule has 46 heavy (non-hydrogen) atoms. The van der Waals surface area contributed by atoms with Crippen molar-refractivity contribution in [1.82, 2.24) is 9.88 Å². The van der Waals surface area contributed by atoms with Crippen molar-refractivity contribution in [2.24, 2.45) is 0 Å². The molecule has 1 aromatic heterocycles. The molecule has 0 atom stereocenters. The van der Waals surface area contributed by atoms with E-state index in [0.29, 0.717) is 46.1 Å². The van der Waals surface area contributed by atoms with Gasteiger partial charge >= 0.3 is 6.18 Å². The molecule has 238 valence electrons. The van der Waals surface area contributed by atoms with E-state index >= 15 is 0 Å². The number of hydrogen-bond acceptors (Lipinski definition) is 7. The largest absolute Gasteiger partial charge is 0.493 e. The van der Waals surface area contributed by atoms with E-state index in [2.05, 4.69) is 15.2 Å². The molecule has 1 amide bonds. The zero-order chi connectivity index (χ0) is 32.1. The van der Waals surface area contributed by atoms with Crippen LogP contribution in [0.2, 0.25) is 0 Å². The number of halogens is 3. The van der Waals surface area contributed by atoms with E-state index in [4.69, 9.17) is 18.9 Å². The first-order valence-electron chi connectivity index (χ1n) is 14.9. The summed E-state index contributed by atoms with van der Waals surface area (Å²) in [5.74, 6) is 1.72. The summed E-state index contributed by atoms with van der Waals surface area (Å²) in [6.45, 7) is 4.86. The number of amides is 1. The van der Waals surface area contributed by atoms with Crippen molar-refractivity contribution in [2.75, 3.05) is 51.9 Å². The van der Waals surface area contributed by atoms with Crippen LogP contribution in [-0.4, -0.2) is 62.4 Å². The number of hydrogen-bond donors (Lipinski definition) is 1. The monoisotopic (exact) mass is 631 g/mol.